The number of nitrogens with two attached hydrogens (primary N) is 1. The number of allylic oxidation sites excluding steroid dienone is 2. The Bertz CT molecular complexity index is 392. The lowest BCUT2D eigenvalue weighted by molar-refractivity contribution is 0.889. The number of aromatic nitrogens is 1. The lowest BCUT2D eigenvalue weighted by Gasteiger charge is -1.89. The zero-order chi connectivity index (χ0) is 9.14. The molecule has 0 fully saturated rings. The van der Waals surface area contributed by atoms with Crippen LogP contribution in [0.3, 0.4) is 0 Å². The van der Waals surface area contributed by atoms with Crippen molar-refractivity contribution in [3.8, 4) is 0 Å². The fourth-order valence-corrected chi connectivity index (χ4v) is 1.03. The summed E-state index contributed by atoms with van der Waals surface area (Å²) in [6, 6.07) is 1.98. The first-order valence-electron chi connectivity index (χ1n) is 3.85. The second-order valence-corrected chi connectivity index (χ2v) is 2.91. The van der Waals surface area contributed by atoms with E-state index in [9.17, 15) is 0 Å². The molecule has 0 aliphatic heterocycles. The third kappa shape index (κ3) is 1.78. The molecule has 2 nitrogen and oxygen atoms in total. The minimum atomic E-state index is 0.801. The zero-order valence-corrected chi connectivity index (χ0v) is 7.54. The van der Waals surface area contributed by atoms with E-state index in [-0.39, 0.29) is 0 Å². The predicted octanol–water partition coefficient (Wildman–Crippen LogP) is 0.0784. The van der Waals surface area contributed by atoms with Crippen LogP contribution in [-0.4, -0.2) is 4.57 Å². The molecule has 0 atom stereocenters. The Hall–Kier alpha value is -1.44. The molecule has 0 aliphatic carbocycles. The zero-order valence-electron chi connectivity index (χ0n) is 7.54. The summed E-state index contributed by atoms with van der Waals surface area (Å²) in [6.07, 6.45) is 5.83. The molecule has 2 heteroatoms. The normalized spacial score (nSPS) is 13.8. The fraction of sp³-hybridized carbons (Fsp3) is 0.200. The first-order valence-corrected chi connectivity index (χ1v) is 3.85. The van der Waals surface area contributed by atoms with Gasteiger partial charge in [0.25, 0.3) is 0 Å². The molecule has 1 heterocycles. The van der Waals surface area contributed by atoms with Gasteiger partial charge in [-0.25, -0.2) is 0 Å². The Morgan fingerprint density at radius 1 is 1.67 bits per heavy atom. The minimum Gasteiger partial charge on any atom is -0.402 e. The quantitative estimate of drug-likeness (QED) is 0.623. The maximum absolute atomic E-state index is 5.51. The Labute approximate surface area is 72.3 Å². The van der Waals surface area contributed by atoms with Crippen LogP contribution in [0.4, 0.5) is 0 Å². The summed E-state index contributed by atoms with van der Waals surface area (Å²) in [5.74, 6) is 0. The van der Waals surface area contributed by atoms with Gasteiger partial charge >= 0.3 is 0 Å². The molecule has 64 valence electrons. The number of aryl methyl sites for hydroxylation is 1. The fourth-order valence-electron chi connectivity index (χ4n) is 1.03. The molecule has 0 spiro atoms. The van der Waals surface area contributed by atoms with Gasteiger partial charge in [-0.05, 0) is 30.4 Å². The van der Waals surface area contributed by atoms with Crippen molar-refractivity contribution in [3.63, 3.8) is 0 Å². The Kier molecular flexibility index (Phi) is 2.38. The van der Waals surface area contributed by atoms with Crippen LogP contribution in [0.15, 0.2) is 24.0 Å². The van der Waals surface area contributed by atoms with Crippen molar-refractivity contribution in [2.24, 2.45) is 12.8 Å². The average molecular weight is 162 g/mol. The molecule has 1 aromatic rings. The molecule has 0 aliphatic rings. The second kappa shape index (κ2) is 3.30. The van der Waals surface area contributed by atoms with E-state index < -0.39 is 0 Å². The third-order valence-electron chi connectivity index (χ3n) is 1.71. The molecule has 0 radical (unpaired) electrons. The van der Waals surface area contributed by atoms with E-state index in [2.05, 4.69) is 6.58 Å². The Morgan fingerprint density at radius 3 is 2.75 bits per heavy atom. The van der Waals surface area contributed by atoms with Crippen molar-refractivity contribution in [1.82, 2.24) is 4.57 Å². The van der Waals surface area contributed by atoms with Crippen LogP contribution >= 0.6 is 0 Å². The summed E-state index contributed by atoms with van der Waals surface area (Å²) in [6.45, 7) is 5.76. The first kappa shape index (κ1) is 8.65. The lowest BCUT2D eigenvalue weighted by Crippen LogP contribution is -2.25. The highest BCUT2D eigenvalue weighted by molar-refractivity contribution is 5.37. The SMILES string of the molecule is C=c1ccn(C)/c1=C/C=C(\C)N. The van der Waals surface area contributed by atoms with Gasteiger partial charge in [-0.1, -0.05) is 6.58 Å². The first-order chi connectivity index (χ1) is 5.61. The van der Waals surface area contributed by atoms with E-state index in [4.69, 9.17) is 5.73 Å². The molecule has 0 amide bonds. The molecule has 2 N–H and O–H groups in total. The van der Waals surface area contributed by atoms with Gasteiger partial charge in [0.05, 0.1) is 0 Å². The topological polar surface area (TPSA) is 30.9 Å². The van der Waals surface area contributed by atoms with Gasteiger partial charge in [-0.15, -0.1) is 0 Å². The van der Waals surface area contributed by atoms with Crippen molar-refractivity contribution in [1.29, 1.82) is 0 Å². The monoisotopic (exact) mass is 162 g/mol. The van der Waals surface area contributed by atoms with Crippen molar-refractivity contribution in [2.75, 3.05) is 0 Å². The summed E-state index contributed by atoms with van der Waals surface area (Å²) in [7, 11) is 1.99. The van der Waals surface area contributed by atoms with E-state index >= 15 is 0 Å². The van der Waals surface area contributed by atoms with E-state index in [1.165, 1.54) is 0 Å². The maximum atomic E-state index is 5.51. The molecule has 0 saturated carbocycles. The van der Waals surface area contributed by atoms with Crippen molar-refractivity contribution >= 4 is 12.7 Å². The van der Waals surface area contributed by atoms with E-state index in [1.54, 1.807) is 0 Å². The van der Waals surface area contributed by atoms with Gasteiger partial charge in [0, 0.05) is 24.3 Å². The smallest absolute Gasteiger partial charge is 0.0472 e. The molecule has 0 saturated heterocycles. The summed E-state index contributed by atoms with van der Waals surface area (Å²) < 4.78 is 2.02. The predicted molar refractivity (Wildman–Crippen MR) is 52.6 cm³/mol. The summed E-state index contributed by atoms with van der Waals surface area (Å²) in [4.78, 5) is 0. The van der Waals surface area contributed by atoms with E-state index in [0.29, 0.717) is 0 Å². The van der Waals surface area contributed by atoms with Crippen molar-refractivity contribution in [3.05, 3.63) is 34.6 Å². The number of nitrogens with zero attached hydrogens (tertiary/aromatic N) is 1. The Balaban J connectivity index is 3.27. The van der Waals surface area contributed by atoms with E-state index in [1.807, 2.05) is 43.0 Å². The third-order valence-corrected chi connectivity index (χ3v) is 1.71. The molecular formula is C10H14N2. The van der Waals surface area contributed by atoms with Crippen LogP contribution in [0, 0.1) is 0 Å². The van der Waals surface area contributed by atoms with Crippen LogP contribution in [0.1, 0.15) is 6.92 Å². The van der Waals surface area contributed by atoms with Crippen LogP contribution in [-0.2, 0) is 7.05 Å². The van der Waals surface area contributed by atoms with Crippen molar-refractivity contribution < 1.29 is 0 Å². The van der Waals surface area contributed by atoms with Crippen LogP contribution in [0.5, 0.6) is 0 Å². The number of hydrogen-bond acceptors (Lipinski definition) is 1. The highest BCUT2D eigenvalue weighted by atomic mass is 14.9. The lowest BCUT2D eigenvalue weighted by atomic mass is 10.4. The molecule has 0 aromatic carbocycles. The van der Waals surface area contributed by atoms with Crippen LogP contribution < -0.4 is 16.3 Å². The summed E-state index contributed by atoms with van der Waals surface area (Å²) in [5, 5.41) is 2.12. The molecule has 1 rings (SSSR count). The van der Waals surface area contributed by atoms with Gasteiger partial charge in [0.2, 0.25) is 0 Å². The van der Waals surface area contributed by atoms with Gasteiger partial charge in [-0.2, -0.15) is 0 Å². The summed E-state index contributed by atoms with van der Waals surface area (Å²) in [5.41, 5.74) is 6.31. The maximum Gasteiger partial charge on any atom is 0.0472 e. The minimum absolute atomic E-state index is 0.801. The van der Waals surface area contributed by atoms with Gasteiger partial charge in [0.15, 0.2) is 0 Å². The molecule has 12 heavy (non-hydrogen) atoms. The number of rotatable bonds is 1. The van der Waals surface area contributed by atoms with Gasteiger partial charge in [0.1, 0.15) is 0 Å². The highest BCUT2D eigenvalue weighted by Gasteiger charge is 1.85. The standard InChI is InChI=1S/C10H14N2/c1-8-6-7-12(3)10(8)5-4-9(2)11/h4-7H,1,11H2,2-3H3/b9-4+,10-5+. The van der Waals surface area contributed by atoms with Gasteiger partial charge in [-0.3, -0.25) is 0 Å². The summed E-state index contributed by atoms with van der Waals surface area (Å²) >= 11 is 0. The van der Waals surface area contributed by atoms with Crippen LogP contribution in [0.2, 0.25) is 0 Å². The van der Waals surface area contributed by atoms with E-state index in [0.717, 1.165) is 16.3 Å². The molecule has 1 aromatic heterocycles. The van der Waals surface area contributed by atoms with Gasteiger partial charge < -0.3 is 10.3 Å². The Morgan fingerprint density at radius 2 is 2.33 bits per heavy atom. The second-order valence-electron chi connectivity index (χ2n) is 2.91. The molecule has 0 bridgehead atoms. The largest absolute Gasteiger partial charge is 0.402 e. The average Bonchev–Trinajstić information content (AvgIpc) is 2.28. The molecular weight excluding hydrogens is 148 g/mol. The number of hydrogen-bond donors (Lipinski definition) is 1. The highest BCUT2D eigenvalue weighted by Crippen LogP contribution is 1.79. The molecule has 0 unspecified atom stereocenters. The van der Waals surface area contributed by atoms with Crippen LogP contribution in [0.25, 0.3) is 12.7 Å². The van der Waals surface area contributed by atoms with Crippen molar-refractivity contribution in [2.45, 2.75) is 6.92 Å².